The van der Waals surface area contributed by atoms with Crippen LogP contribution in [-0.4, -0.2) is 46.6 Å². The van der Waals surface area contributed by atoms with Crippen molar-refractivity contribution >= 4 is 17.4 Å². The number of fused-ring (bicyclic) bond motifs is 1. The summed E-state index contributed by atoms with van der Waals surface area (Å²) in [5.41, 5.74) is 0.847. The molecule has 18 heavy (non-hydrogen) atoms. The Morgan fingerprint density at radius 1 is 1.39 bits per heavy atom. The average molecular weight is 266 g/mol. The normalized spacial score (nSPS) is 26.9. The standard InChI is InChI=1S/C12H18N4OS/c1-7(2)10-11(18-15-14-10)12(17)16-5-8-3-13-4-9(8)6-16/h7-9,13H,3-6H2,1-2H3. The molecule has 1 aromatic rings. The molecule has 1 aromatic heterocycles. The van der Waals surface area contributed by atoms with E-state index in [4.69, 9.17) is 0 Å². The fourth-order valence-electron chi connectivity index (χ4n) is 2.89. The van der Waals surface area contributed by atoms with Crippen LogP contribution in [0.25, 0.3) is 0 Å². The van der Waals surface area contributed by atoms with Crippen LogP contribution in [0, 0.1) is 11.8 Å². The Bertz CT molecular complexity index is 447. The van der Waals surface area contributed by atoms with Gasteiger partial charge in [0.1, 0.15) is 4.88 Å². The van der Waals surface area contributed by atoms with E-state index in [1.807, 2.05) is 4.90 Å². The second kappa shape index (κ2) is 4.59. The number of aromatic nitrogens is 2. The van der Waals surface area contributed by atoms with Crippen molar-refractivity contribution in [3.8, 4) is 0 Å². The van der Waals surface area contributed by atoms with Crippen molar-refractivity contribution in [3.05, 3.63) is 10.6 Å². The van der Waals surface area contributed by atoms with Crippen LogP contribution in [0.4, 0.5) is 0 Å². The maximum Gasteiger partial charge on any atom is 0.267 e. The van der Waals surface area contributed by atoms with Crippen molar-refractivity contribution in [2.24, 2.45) is 11.8 Å². The summed E-state index contributed by atoms with van der Waals surface area (Å²) in [4.78, 5) is 15.2. The highest BCUT2D eigenvalue weighted by Crippen LogP contribution is 2.29. The van der Waals surface area contributed by atoms with E-state index in [0.717, 1.165) is 36.8 Å². The minimum Gasteiger partial charge on any atom is -0.337 e. The second-order valence-electron chi connectivity index (χ2n) is 5.53. The number of rotatable bonds is 2. The Labute approximate surface area is 111 Å². The lowest BCUT2D eigenvalue weighted by Gasteiger charge is -2.17. The van der Waals surface area contributed by atoms with Gasteiger partial charge in [0.15, 0.2) is 0 Å². The molecule has 2 aliphatic rings. The van der Waals surface area contributed by atoms with E-state index in [1.54, 1.807) is 0 Å². The highest BCUT2D eigenvalue weighted by atomic mass is 32.1. The highest BCUT2D eigenvalue weighted by Gasteiger charge is 2.39. The summed E-state index contributed by atoms with van der Waals surface area (Å²) in [6, 6.07) is 0. The molecule has 3 rings (SSSR count). The quantitative estimate of drug-likeness (QED) is 0.866. The van der Waals surface area contributed by atoms with Gasteiger partial charge in [-0.3, -0.25) is 4.79 Å². The molecule has 2 atom stereocenters. The van der Waals surface area contributed by atoms with Crippen molar-refractivity contribution in [1.82, 2.24) is 19.8 Å². The van der Waals surface area contributed by atoms with Crippen molar-refractivity contribution in [2.75, 3.05) is 26.2 Å². The van der Waals surface area contributed by atoms with Gasteiger partial charge in [0.05, 0.1) is 5.69 Å². The van der Waals surface area contributed by atoms with Gasteiger partial charge in [-0.25, -0.2) is 0 Å². The minimum atomic E-state index is 0.128. The number of amides is 1. The Kier molecular flexibility index (Phi) is 3.07. The molecule has 2 unspecified atom stereocenters. The van der Waals surface area contributed by atoms with E-state index in [1.165, 1.54) is 11.5 Å². The Balaban J connectivity index is 1.77. The molecule has 0 radical (unpaired) electrons. The van der Waals surface area contributed by atoms with E-state index < -0.39 is 0 Å². The van der Waals surface area contributed by atoms with Gasteiger partial charge in [-0.1, -0.05) is 18.3 Å². The molecule has 2 saturated heterocycles. The van der Waals surface area contributed by atoms with Gasteiger partial charge in [0.2, 0.25) is 0 Å². The van der Waals surface area contributed by atoms with E-state index in [9.17, 15) is 4.79 Å². The summed E-state index contributed by atoms with van der Waals surface area (Å²) in [6.07, 6.45) is 0. The van der Waals surface area contributed by atoms with Crippen molar-refractivity contribution < 1.29 is 4.79 Å². The number of nitrogens with one attached hydrogen (secondary N) is 1. The lowest BCUT2D eigenvalue weighted by molar-refractivity contribution is 0.0785. The first-order valence-corrected chi connectivity index (χ1v) is 7.26. The number of nitrogens with zero attached hydrogens (tertiary/aromatic N) is 3. The van der Waals surface area contributed by atoms with Gasteiger partial charge in [-0.15, -0.1) is 5.10 Å². The highest BCUT2D eigenvalue weighted by molar-refractivity contribution is 7.08. The summed E-state index contributed by atoms with van der Waals surface area (Å²) in [7, 11) is 0. The van der Waals surface area contributed by atoms with Gasteiger partial charge in [-0.2, -0.15) is 0 Å². The molecule has 0 spiro atoms. The molecule has 0 aromatic carbocycles. The molecule has 0 bridgehead atoms. The van der Waals surface area contributed by atoms with Crippen LogP contribution in [0.2, 0.25) is 0 Å². The SMILES string of the molecule is CC(C)c1nnsc1C(=O)N1CC2CNCC2C1. The van der Waals surface area contributed by atoms with E-state index in [-0.39, 0.29) is 11.8 Å². The zero-order chi connectivity index (χ0) is 12.7. The van der Waals surface area contributed by atoms with Gasteiger partial charge in [0.25, 0.3) is 5.91 Å². The minimum absolute atomic E-state index is 0.128. The molecule has 1 N–H and O–H groups in total. The number of carbonyl (C=O) groups is 1. The molecule has 2 fully saturated rings. The molecule has 0 saturated carbocycles. The maximum absolute atomic E-state index is 12.5. The average Bonchev–Trinajstić information content (AvgIpc) is 3.02. The largest absolute Gasteiger partial charge is 0.337 e. The molecule has 0 aliphatic carbocycles. The van der Waals surface area contributed by atoms with Crippen molar-refractivity contribution in [2.45, 2.75) is 19.8 Å². The molecule has 6 heteroatoms. The molecular weight excluding hydrogens is 248 g/mol. The summed E-state index contributed by atoms with van der Waals surface area (Å²) in [6.45, 7) is 7.96. The zero-order valence-electron chi connectivity index (χ0n) is 10.7. The van der Waals surface area contributed by atoms with E-state index in [0.29, 0.717) is 11.8 Å². The van der Waals surface area contributed by atoms with Crippen molar-refractivity contribution in [3.63, 3.8) is 0 Å². The third kappa shape index (κ3) is 1.93. The van der Waals surface area contributed by atoms with Crippen LogP contribution in [-0.2, 0) is 0 Å². The number of hydrogen-bond acceptors (Lipinski definition) is 5. The Morgan fingerprint density at radius 3 is 2.67 bits per heavy atom. The molecule has 98 valence electrons. The molecular formula is C12H18N4OS. The van der Waals surface area contributed by atoms with Gasteiger partial charge < -0.3 is 10.2 Å². The fourth-order valence-corrected chi connectivity index (χ4v) is 3.68. The smallest absolute Gasteiger partial charge is 0.267 e. The zero-order valence-corrected chi connectivity index (χ0v) is 11.5. The maximum atomic E-state index is 12.5. The number of hydrogen-bond donors (Lipinski definition) is 1. The monoisotopic (exact) mass is 266 g/mol. The first-order valence-electron chi connectivity index (χ1n) is 6.49. The molecule has 1 amide bonds. The molecule has 2 aliphatic heterocycles. The predicted octanol–water partition coefficient (Wildman–Crippen LogP) is 0.953. The Hall–Kier alpha value is -1.01. The van der Waals surface area contributed by atoms with Crippen LogP contribution in [0.1, 0.15) is 35.1 Å². The van der Waals surface area contributed by atoms with Crippen LogP contribution in [0.15, 0.2) is 0 Å². The summed E-state index contributed by atoms with van der Waals surface area (Å²) >= 11 is 1.23. The van der Waals surface area contributed by atoms with Gasteiger partial charge in [0, 0.05) is 26.2 Å². The third-order valence-corrected chi connectivity index (χ3v) is 4.66. The number of carbonyl (C=O) groups excluding carboxylic acids is 1. The topological polar surface area (TPSA) is 58.1 Å². The van der Waals surface area contributed by atoms with Crippen LogP contribution in [0.3, 0.4) is 0 Å². The van der Waals surface area contributed by atoms with Crippen LogP contribution in [0.5, 0.6) is 0 Å². The molecule has 5 nitrogen and oxygen atoms in total. The van der Waals surface area contributed by atoms with E-state index >= 15 is 0 Å². The summed E-state index contributed by atoms with van der Waals surface area (Å²) in [5, 5.41) is 7.48. The lowest BCUT2D eigenvalue weighted by Crippen LogP contribution is -2.32. The second-order valence-corrected chi connectivity index (χ2v) is 6.28. The fraction of sp³-hybridized carbons (Fsp3) is 0.750. The van der Waals surface area contributed by atoms with Crippen molar-refractivity contribution in [1.29, 1.82) is 0 Å². The third-order valence-electron chi connectivity index (χ3n) is 3.93. The van der Waals surface area contributed by atoms with Crippen LogP contribution < -0.4 is 5.32 Å². The molecule has 3 heterocycles. The summed E-state index contributed by atoms with van der Waals surface area (Å²) in [5.74, 6) is 1.66. The first kappa shape index (κ1) is 12.0. The van der Waals surface area contributed by atoms with Crippen LogP contribution >= 0.6 is 11.5 Å². The first-order chi connectivity index (χ1) is 8.66. The van der Waals surface area contributed by atoms with Gasteiger partial charge >= 0.3 is 0 Å². The lowest BCUT2D eigenvalue weighted by atomic mass is 10.0. The number of likely N-dealkylation sites (tertiary alicyclic amines) is 1. The Morgan fingerprint density at radius 2 is 2.06 bits per heavy atom. The van der Waals surface area contributed by atoms with E-state index in [2.05, 4.69) is 28.8 Å². The van der Waals surface area contributed by atoms with Gasteiger partial charge in [-0.05, 0) is 29.3 Å². The summed E-state index contributed by atoms with van der Waals surface area (Å²) < 4.78 is 3.94. The predicted molar refractivity (Wildman–Crippen MR) is 69.8 cm³/mol.